The van der Waals surface area contributed by atoms with E-state index < -0.39 is 0 Å². The Kier molecular flexibility index (Phi) is 5.37. The van der Waals surface area contributed by atoms with Crippen molar-refractivity contribution in [1.29, 1.82) is 0 Å². The Bertz CT molecular complexity index is 394. The molecular weight excluding hydrogens is 238 g/mol. The third-order valence-electron chi connectivity index (χ3n) is 3.71. The summed E-state index contributed by atoms with van der Waals surface area (Å²) < 4.78 is 11.5. The SMILES string of the molecule is CCOCC(C)OC1CCCc2ccccc2C1N. The molecule has 3 unspecified atom stereocenters. The standard InChI is InChI=1S/C16H25NO2/c1-3-18-11-12(2)19-15-10-6-8-13-7-4-5-9-14(13)16(15)17/h4-5,7,9,12,15-16H,3,6,8,10-11,17H2,1-2H3. The molecule has 3 atom stereocenters. The first kappa shape index (κ1) is 14.5. The first-order valence-corrected chi connectivity index (χ1v) is 7.29. The van der Waals surface area contributed by atoms with Gasteiger partial charge in [-0.3, -0.25) is 0 Å². The van der Waals surface area contributed by atoms with Gasteiger partial charge in [0.15, 0.2) is 0 Å². The summed E-state index contributed by atoms with van der Waals surface area (Å²) in [5.74, 6) is 0. The first-order valence-electron chi connectivity index (χ1n) is 7.29. The van der Waals surface area contributed by atoms with Gasteiger partial charge >= 0.3 is 0 Å². The lowest BCUT2D eigenvalue weighted by atomic mass is 9.98. The van der Waals surface area contributed by atoms with Crippen molar-refractivity contribution in [2.75, 3.05) is 13.2 Å². The van der Waals surface area contributed by atoms with Gasteiger partial charge in [0.2, 0.25) is 0 Å². The van der Waals surface area contributed by atoms with Gasteiger partial charge in [-0.05, 0) is 44.2 Å². The van der Waals surface area contributed by atoms with Crippen molar-refractivity contribution in [3.05, 3.63) is 35.4 Å². The molecule has 0 aliphatic heterocycles. The van der Waals surface area contributed by atoms with E-state index in [0.717, 1.165) is 25.9 Å². The molecule has 1 aromatic carbocycles. The molecule has 0 heterocycles. The van der Waals surface area contributed by atoms with Crippen LogP contribution in [-0.4, -0.2) is 25.4 Å². The molecule has 1 aliphatic rings. The minimum Gasteiger partial charge on any atom is -0.379 e. The normalized spacial score (nSPS) is 24.6. The van der Waals surface area contributed by atoms with Crippen molar-refractivity contribution in [2.24, 2.45) is 5.73 Å². The fourth-order valence-electron chi connectivity index (χ4n) is 2.73. The molecule has 0 radical (unpaired) electrons. The van der Waals surface area contributed by atoms with Crippen molar-refractivity contribution in [3.63, 3.8) is 0 Å². The molecule has 0 saturated carbocycles. The van der Waals surface area contributed by atoms with E-state index in [0.29, 0.717) is 6.61 Å². The van der Waals surface area contributed by atoms with Crippen LogP contribution in [0.5, 0.6) is 0 Å². The van der Waals surface area contributed by atoms with Gasteiger partial charge in [-0.1, -0.05) is 24.3 Å². The summed E-state index contributed by atoms with van der Waals surface area (Å²) >= 11 is 0. The summed E-state index contributed by atoms with van der Waals surface area (Å²) in [4.78, 5) is 0. The third kappa shape index (κ3) is 3.78. The van der Waals surface area contributed by atoms with Crippen molar-refractivity contribution in [1.82, 2.24) is 0 Å². The van der Waals surface area contributed by atoms with Crippen molar-refractivity contribution >= 4 is 0 Å². The van der Waals surface area contributed by atoms with Crippen molar-refractivity contribution in [3.8, 4) is 0 Å². The maximum atomic E-state index is 6.40. The van der Waals surface area contributed by atoms with Crippen LogP contribution in [0.1, 0.15) is 43.9 Å². The molecule has 1 aliphatic carbocycles. The third-order valence-corrected chi connectivity index (χ3v) is 3.71. The van der Waals surface area contributed by atoms with Gasteiger partial charge in [-0.25, -0.2) is 0 Å². The Balaban J connectivity index is 2.02. The van der Waals surface area contributed by atoms with Crippen LogP contribution < -0.4 is 5.73 Å². The van der Waals surface area contributed by atoms with E-state index in [1.54, 1.807) is 0 Å². The highest BCUT2D eigenvalue weighted by Gasteiger charge is 2.26. The number of hydrogen-bond donors (Lipinski definition) is 1. The lowest BCUT2D eigenvalue weighted by Crippen LogP contribution is -2.33. The molecule has 2 N–H and O–H groups in total. The van der Waals surface area contributed by atoms with Gasteiger partial charge in [-0.15, -0.1) is 0 Å². The van der Waals surface area contributed by atoms with Crippen LogP contribution >= 0.6 is 0 Å². The molecular formula is C16H25NO2. The molecule has 2 rings (SSSR count). The fraction of sp³-hybridized carbons (Fsp3) is 0.625. The first-order chi connectivity index (χ1) is 9.22. The second kappa shape index (κ2) is 7.04. The van der Waals surface area contributed by atoms with Crippen molar-refractivity contribution in [2.45, 2.75) is 51.4 Å². The number of fused-ring (bicyclic) bond motifs is 1. The molecule has 1 aromatic rings. The zero-order valence-corrected chi connectivity index (χ0v) is 12.0. The predicted octanol–water partition coefficient (Wildman–Crippen LogP) is 2.83. The molecule has 0 aromatic heterocycles. The lowest BCUT2D eigenvalue weighted by molar-refractivity contribution is -0.0582. The molecule has 0 amide bonds. The molecule has 0 saturated heterocycles. The predicted molar refractivity (Wildman–Crippen MR) is 77.1 cm³/mol. The van der Waals surface area contributed by atoms with Crippen LogP contribution in [-0.2, 0) is 15.9 Å². The highest BCUT2D eigenvalue weighted by Crippen LogP contribution is 2.29. The Morgan fingerprint density at radius 2 is 2.16 bits per heavy atom. The summed E-state index contributed by atoms with van der Waals surface area (Å²) in [5.41, 5.74) is 9.02. The number of benzene rings is 1. The summed E-state index contributed by atoms with van der Waals surface area (Å²) in [5, 5.41) is 0. The van der Waals surface area contributed by atoms with Gasteiger partial charge in [-0.2, -0.15) is 0 Å². The molecule has 19 heavy (non-hydrogen) atoms. The molecule has 106 valence electrons. The second-order valence-corrected chi connectivity index (χ2v) is 5.26. The molecule has 3 heteroatoms. The quantitative estimate of drug-likeness (QED) is 0.831. The van der Waals surface area contributed by atoms with E-state index in [9.17, 15) is 0 Å². The number of aryl methyl sites for hydroxylation is 1. The Morgan fingerprint density at radius 3 is 2.95 bits per heavy atom. The summed E-state index contributed by atoms with van der Waals surface area (Å²) in [6, 6.07) is 8.44. The number of rotatable bonds is 5. The van der Waals surface area contributed by atoms with E-state index in [2.05, 4.69) is 31.2 Å². The van der Waals surface area contributed by atoms with Gasteiger partial charge < -0.3 is 15.2 Å². The van der Waals surface area contributed by atoms with Gasteiger partial charge in [0.25, 0.3) is 0 Å². The minimum atomic E-state index is -0.0252. The summed E-state index contributed by atoms with van der Waals surface area (Å²) in [6.45, 7) is 5.42. The topological polar surface area (TPSA) is 44.5 Å². The summed E-state index contributed by atoms with van der Waals surface area (Å²) in [7, 11) is 0. The van der Waals surface area contributed by atoms with Gasteiger partial charge in [0.05, 0.1) is 24.9 Å². The minimum absolute atomic E-state index is 0.0252. The zero-order chi connectivity index (χ0) is 13.7. The average molecular weight is 263 g/mol. The molecule has 3 nitrogen and oxygen atoms in total. The van der Waals surface area contributed by atoms with E-state index in [-0.39, 0.29) is 18.2 Å². The van der Waals surface area contributed by atoms with Crippen molar-refractivity contribution < 1.29 is 9.47 Å². The maximum Gasteiger partial charge on any atom is 0.0785 e. The van der Waals surface area contributed by atoms with Crippen LogP contribution in [0.15, 0.2) is 24.3 Å². The van der Waals surface area contributed by atoms with Crippen LogP contribution in [0.3, 0.4) is 0 Å². The second-order valence-electron chi connectivity index (χ2n) is 5.26. The fourth-order valence-corrected chi connectivity index (χ4v) is 2.73. The van der Waals surface area contributed by atoms with E-state index >= 15 is 0 Å². The number of hydrogen-bond acceptors (Lipinski definition) is 3. The molecule has 0 spiro atoms. The maximum absolute atomic E-state index is 6.40. The van der Waals surface area contributed by atoms with Gasteiger partial charge in [0.1, 0.15) is 0 Å². The number of ether oxygens (including phenoxy) is 2. The Morgan fingerprint density at radius 1 is 1.37 bits per heavy atom. The van der Waals surface area contributed by atoms with E-state index in [1.807, 2.05) is 6.92 Å². The Labute approximate surface area is 116 Å². The van der Waals surface area contributed by atoms with E-state index in [1.165, 1.54) is 11.1 Å². The monoisotopic (exact) mass is 263 g/mol. The smallest absolute Gasteiger partial charge is 0.0785 e. The highest BCUT2D eigenvalue weighted by molar-refractivity contribution is 5.31. The molecule has 0 bridgehead atoms. The van der Waals surface area contributed by atoms with Crippen LogP contribution in [0.4, 0.5) is 0 Å². The Hall–Kier alpha value is -0.900. The van der Waals surface area contributed by atoms with E-state index in [4.69, 9.17) is 15.2 Å². The van der Waals surface area contributed by atoms with Crippen LogP contribution in [0.2, 0.25) is 0 Å². The van der Waals surface area contributed by atoms with Gasteiger partial charge in [0, 0.05) is 6.61 Å². The van der Waals surface area contributed by atoms with Crippen LogP contribution in [0, 0.1) is 0 Å². The zero-order valence-electron chi connectivity index (χ0n) is 12.0. The lowest BCUT2D eigenvalue weighted by Gasteiger charge is -2.26. The average Bonchev–Trinajstić information content (AvgIpc) is 2.58. The largest absolute Gasteiger partial charge is 0.379 e. The highest BCUT2D eigenvalue weighted by atomic mass is 16.5. The van der Waals surface area contributed by atoms with Crippen LogP contribution in [0.25, 0.3) is 0 Å². The molecule has 0 fully saturated rings. The summed E-state index contributed by atoms with van der Waals surface area (Å²) in [6.07, 6.45) is 3.45. The number of nitrogens with two attached hydrogens (primary N) is 1.